The Morgan fingerprint density at radius 3 is 0.817 bits per heavy atom. The predicted molar refractivity (Wildman–Crippen MR) is 377 cm³/mol. The van der Waals surface area contributed by atoms with Crippen LogP contribution in [0, 0.1) is 11.8 Å². The van der Waals surface area contributed by atoms with Crippen LogP contribution in [0.25, 0.3) is 0 Å². The molecular weight excluding hydrogens is 1220 g/mol. The van der Waals surface area contributed by atoms with Crippen LogP contribution in [0.1, 0.15) is 382 Å². The fraction of sp³-hybridized carbons (Fsp3) is 0.946. The number of aliphatic hydroxyl groups is 1. The molecule has 0 spiro atoms. The van der Waals surface area contributed by atoms with Crippen molar-refractivity contribution in [2.75, 3.05) is 39.6 Å². The van der Waals surface area contributed by atoms with E-state index in [1.165, 1.54) is 199 Å². The van der Waals surface area contributed by atoms with E-state index >= 15 is 0 Å². The molecule has 0 heterocycles. The highest BCUT2D eigenvalue weighted by atomic mass is 31.2. The minimum atomic E-state index is -4.96. The lowest BCUT2D eigenvalue weighted by molar-refractivity contribution is -0.161. The second-order valence-electron chi connectivity index (χ2n) is 27.4. The van der Waals surface area contributed by atoms with Crippen LogP contribution < -0.4 is 0 Å². The van der Waals surface area contributed by atoms with E-state index in [1.807, 2.05) is 0 Å². The molecule has 6 atom stereocenters. The van der Waals surface area contributed by atoms with Gasteiger partial charge < -0.3 is 33.8 Å². The zero-order chi connectivity index (χ0) is 68.6. The topological polar surface area (TPSA) is 237 Å². The zero-order valence-corrected chi connectivity index (χ0v) is 62.3. The number of aliphatic hydroxyl groups excluding tert-OH is 1. The molecule has 552 valence electrons. The van der Waals surface area contributed by atoms with Crippen LogP contribution in [-0.4, -0.2) is 96.7 Å². The smallest absolute Gasteiger partial charge is 0.462 e. The summed E-state index contributed by atoms with van der Waals surface area (Å²) >= 11 is 0. The minimum absolute atomic E-state index is 0.105. The number of ether oxygens (including phenoxy) is 4. The van der Waals surface area contributed by atoms with E-state index in [0.717, 1.165) is 102 Å². The van der Waals surface area contributed by atoms with E-state index in [4.69, 9.17) is 37.0 Å². The zero-order valence-electron chi connectivity index (χ0n) is 60.6. The van der Waals surface area contributed by atoms with Crippen molar-refractivity contribution >= 4 is 39.5 Å². The third-order valence-electron chi connectivity index (χ3n) is 17.6. The predicted octanol–water partition coefficient (Wildman–Crippen LogP) is 21.6. The molecule has 0 aliphatic heterocycles. The molecule has 93 heavy (non-hydrogen) atoms. The van der Waals surface area contributed by atoms with E-state index in [9.17, 15) is 43.2 Å². The van der Waals surface area contributed by atoms with Gasteiger partial charge in [0.25, 0.3) is 0 Å². The molecule has 0 aromatic rings. The first-order valence-electron chi connectivity index (χ1n) is 38.5. The maximum Gasteiger partial charge on any atom is 0.472 e. The maximum atomic E-state index is 13.1. The Kier molecular flexibility index (Phi) is 64.6. The average molecular weight is 1370 g/mol. The average Bonchev–Trinajstić information content (AvgIpc) is 3.39. The van der Waals surface area contributed by atoms with Gasteiger partial charge in [0.2, 0.25) is 0 Å². The molecule has 0 amide bonds. The first kappa shape index (κ1) is 91.1. The van der Waals surface area contributed by atoms with Gasteiger partial charge in [-0.2, -0.15) is 0 Å². The Balaban J connectivity index is 5.22. The second-order valence-corrected chi connectivity index (χ2v) is 30.3. The number of phosphoric acid groups is 2. The first-order chi connectivity index (χ1) is 44.9. The molecular formula is C74H144O17P2. The summed E-state index contributed by atoms with van der Waals surface area (Å²) < 4.78 is 68.4. The number of hydrogen-bond donors (Lipinski definition) is 3. The van der Waals surface area contributed by atoms with Gasteiger partial charge in [0, 0.05) is 25.7 Å². The van der Waals surface area contributed by atoms with Gasteiger partial charge in [0.15, 0.2) is 12.2 Å². The van der Waals surface area contributed by atoms with Crippen molar-refractivity contribution in [3.05, 3.63) is 0 Å². The summed E-state index contributed by atoms with van der Waals surface area (Å²) in [5, 5.41) is 10.6. The van der Waals surface area contributed by atoms with Gasteiger partial charge in [0.05, 0.1) is 26.4 Å². The van der Waals surface area contributed by atoms with Crippen LogP contribution >= 0.6 is 15.6 Å². The van der Waals surface area contributed by atoms with Crippen molar-refractivity contribution in [1.82, 2.24) is 0 Å². The SMILES string of the molecule is CCCCCCCCCCCCCCCCCCCCCC(=O)O[C@H](COC(=O)CCCCCCCCCCC(C)CC)COP(=O)(O)OC[C@@H](O)COP(=O)(O)OC[C@@H](COC(=O)CCCCCCCCCCCCC)OC(=O)CCCCCCCCCCC(C)C. The quantitative estimate of drug-likeness (QED) is 0.0222. The fourth-order valence-electron chi connectivity index (χ4n) is 11.3. The lowest BCUT2D eigenvalue weighted by Gasteiger charge is -2.21. The summed E-state index contributed by atoms with van der Waals surface area (Å²) in [6.07, 6.45) is 52.7. The van der Waals surface area contributed by atoms with Crippen molar-refractivity contribution < 1.29 is 80.2 Å². The van der Waals surface area contributed by atoms with E-state index in [2.05, 4.69) is 41.5 Å². The van der Waals surface area contributed by atoms with Gasteiger partial charge in [-0.1, -0.05) is 330 Å². The summed E-state index contributed by atoms with van der Waals surface area (Å²) in [6.45, 7) is 9.54. The molecule has 0 aliphatic rings. The number of unbranched alkanes of at least 4 members (excludes halogenated alkanes) is 42. The highest BCUT2D eigenvalue weighted by Gasteiger charge is 2.30. The van der Waals surface area contributed by atoms with Gasteiger partial charge in [-0.25, -0.2) is 9.13 Å². The summed E-state index contributed by atoms with van der Waals surface area (Å²) in [5.41, 5.74) is 0. The Hall–Kier alpha value is -1.94. The number of phosphoric ester groups is 2. The van der Waals surface area contributed by atoms with Gasteiger partial charge in [-0.05, 0) is 37.5 Å². The van der Waals surface area contributed by atoms with Gasteiger partial charge >= 0.3 is 39.5 Å². The number of carbonyl (C=O) groups is 4. The summed E-state index contributed by atoms with van der Waals surface area (Å²) in [4.78, 5) is 72.7. The Bertz CT molecular complexity index is 1810. The number of hydrogen-bond acceptors (Lipinski definition) is 15. The largest absolute Gasteiger partial charge is 0.472 e. The monoisotopic (exact) mass is 1370 g/mol. The molecule has 0 aromatic heterocycles. The summed E-state index contributed by atoms with van der Waals surface area (Å²) in [6, 6.07) is 0. The van der Waals surface area contributed by atoms with Crippen molar-refractivity contribution in [3.8, 4) is 0 Å². The highest BCUT2D eigenvalue weighted by molar-refractivity contribution is 7.47. The normalized spacial score (nSPS) is 14.3. The van der Waals surface area contributed by atoms with Gasteiger partial charge in [-0.15, -0.1) is 0 Å². The minimum Gasteiger partial charge on any atom is -0.462 e. The van der Waals surface area contributed by atoms with Crippen LogP contribution in [0.15, 0.2) is 0 Å². The lowest BCUT2D eigenvalue weighted by atomic mass is 9.99. The lowest BCUT2D eigenvalue weighted by Crippen LogP contribution is -2.30. The molecule has 0 aromatic carbocycles. The van der Waals surface area contributed by atoms with E-state index in [-0.39, 0.29) is 25.7 Å². The molecule has 17 nitrogen and oxygen atoms in total. The van der Waals surface area contributed by atoms with Crippen LogP contribution in [0.4, 0.5) is 0 Å². The fourth-order valence-corrected chi connectivity index (χ4v) is 12.8. The van der Waals surface area contributed by atoms with Crippen molar-refractivity contribution in [2.24, 2.45) is 11.8 Å². The second kappa shape index (κ2) is 66.0. The van der Waals surface area contributed by atoms with Crippen molar-refractivity contribution in [2.45, 2.75) is 400 Å². The Labute approximate surface area is 568 Å². The molecule has 0 saturated carbocycles. The van der Waals surface area contributed by atoms with E-state index < -0.39 is 97.5 Å². The Morgan fingerprint density at radius 2 is 0.548 bits per heavy atom. The highest BCUT2D eigenvalue weighted by Crippen LogP contribution is 2.45. The molecule has 0 radical (unpaired) electrons. The molecule has 0 bridgehead atoms. The van der Waals surface area contributed by atoms with Crippen LogP contribution in [-0.2, 0) is 65.4 Å². The van der Waals surface area contributed by atoms with E-state index in [1.54, 1.807) is 0 Å². The van der Waals surface area contributed by atoms with Crippen LogP contribution in [0.2, 0.25) is 0 Å². The molecule has 0 saturated heterocycles. The van der Waals surface area contributed by atoms with Crippen molar-refractivity contribution in [3.63, 3.8) is 0 Å². The molecule has 0 rings (SSSR count). The van der Waals surface area contributed by atoms with Crippen LogP contribution in [0.5, 0.6) is 0 Å². The maximum absolute atomic E-state index is 13.1. The van der Waals surface area contributed by atoms with Crippen LogP contribution in [0.3, 0.4) is 0 Å². The third kappa shape index (κ3) is 67.0. The number of carbonyl (C=O) groups excluding carboxylic acids is 4. The molecule has 0 fully saturated rings. The summed E-state index contributed by atoms with van der Waals surface area (Å²) in [7, 11) is -9.91. The number of rotatable bonds is 73. The summed E-state index contributed by atoms with van der Waals surface area (Å²) in [5.74, 6) is -0.624. The Morgan fingerprint density at radius 1 is 0.312 bits per heavy atom. The van der Waals surface area contributed by atoms with Gasteiger partial charge in [0.1, 0.15) is 19.3 Å². The molecule has 3 N–H and O–H groups in total. The van der Waals surface area contributed by atoms with Gasteiger partial charge in [-0.3, -0.25) is 37.3 Å². The molecule has 0 aliphatic carbocycles. The molecule has 3 unspecified atom stereocenters. The standard InChI is InChI=1S/C74H144O17P2/c1-7-10-12-14-16-18-20-21-22-23-24-25-26-27-29-31-40-46-52-58-73(78)90-69(63-85-72(77)57-51-45-39-35-33-37-43-49-55-67(6)9-3)64-88-92(80,81)86-60-68(75)61-87-93(82,83)89-65-70(91-74(79)59-53-47-41-34-32-36-42-48-54-66(4)5)62-84-71(76)56-50-44-38-30-28-19-17-15-13-11-8-2/h66-70,75H,7-65H2,1-6H3,(H,80,81)(H,82,83)/t67?,68-,69-,70-/m1/s1. The number of esters is 4. The first-order valence-corrected chi connectivity index (χ1v) is 41.5. The third-order valence-corrected chi connectivity index (χ3v) is 19.5. The van der Waals surface area contributed by atoms with E-state index in [0.29, 0.717) is 25.7 Å². The van der Waals surface area contributed by atoms with Crippen molar-refractivity contribution in [1.29, 1.82) is 0 Å². The molecule has 19 heteroatoms.